The lowest BCUT2D eigenvalue weighted by Crippen LogP contribution is -2.60. The van der Waals surface area contributed by atoms with Crippen molar-refractivity contribution in [2.24, 2.45) is 5.92 Å². The third-order valence-electron chi connectivity index (χ3n) is 5.75. The Morgan fingerprint density at radius 1 is 1.10 bits per heavy atom. The highest BCUT2D eigenvalue weighted by atomic mass is 19.2. The number of fused-ring (bicyclic) bond motifs is 2. The van der Waals surface area contributed by atoms with E-state index < -0.39 is 29.4 Å². The highest BCUT2D eigenvalue weighted by Crippen LogP contribution is 2.35. The van der Waals surface area contributed by atoms with Gasteiger partial charge in [0.15, 0.2) is 17.4 Å². The van der Waals surface area contributed by atoms with Gasteiger partial charge < -0.3 is 9.47 Å². The highest BCUT2D eigenvalue weighted by Gasteiger charge is 2.44. The van der Waals surface area contributed by atoms with Gasteiger partial charge in [0, 0.05) is 11.5 Å². The molecule has 2 aliphatic heterocycles. The molecule has 0 N–H and O–H groups in total. The molecule has 2 atom stereocenters. The molecule has 2 aliphatic rings. The molecule has 31 heavy (non-hydrogen) atoms. The van der Waals surface area contributed by atoms with Crippen molar-refractivity contribution in [3.05, 3.63) is 70.8 Å². The van der Waals surface area contributed by atoms with Crippen molar-refractivity contribution in [3.63, 3.8) is 0 Å². The molecule has 0 aliphatic carbocycles. The molecule has 2 unspecified atom stereocenters. The van der Waals surface area contributed by atoms with E-state index in [0.717, 1.165) is 17.7 Å². The van der Waals surface area contributed by atoms with Gasteiger partial charge in [-0.3, -0.25) is 9.69 Å². The second-order valence-corrected chi connectivity index (χ2v) is 7.75. The smallest absolute Gasteiger partial charge is 0.410 e. The summed E-state index contributed by atoms with van der Waals surface area (Å²) in [4.78, 5) is 27.4. The lowest BCUT2D eigenvalue weighted by Gasteiger charge is -2.47. The molecule has 8 heteroatoms. The topological polar surface area (TPSA) is 79.6 Å². The fourth-order valence-corrected chi connectivity index (χ4v) is 4.28. The van der Waals surface area contributed by atoms with Gasteiger partial charge in [-0.2, -0.15) is 5.26 Å². The summed E-state index contributed by atoms with van der Waals surface area (Å²) in [5.41, 5.74) is 0.533. The molecule has 0 radical (unpaired) electrons. The molecule has 0 spiro atoms. The van der Waals surface area contributed by atoms with E-state index in [9.17, 15) is 23.6 Å². The number of hydrogen-bond donors (Lipinski definition) is 0. The van der Waals surface area contributed by atoms with Gasteiger partial charge in [-0.25, -0.2) is 13.6 Å². The van der Waals surface area contributed by atoms with Crippen LogP contribution in [0.2, 0.25) is 0 Å². The molecule has 2 saturated heterocycles. The fraction of sp³-hybridized carbons (Fsp3) is 0.348. The number of benzene rings is 2. The number of amides is 1. The molecule has 2 bridgehead atoms. The number of nitriles is 1. The van der Waals surface area contributed by atoms with Crippen LogP contribution in [0.15, 0.2) is 42.5 Å². The summed E-state index contributed by atoms with van der Waals surface area (Å²) >= 11 is 0. The number of carbonyl (C=O) groups is 2. The van der Waals surface area contributed by atoms with Crippen LogP contribution in [-0.4, -0.2) is 42.1 Å². The minimum absolute atomic E-state index is 0.134. The van der Waals surface area contributed by atoms with Crippen LogP contribution in [0.1, 0.15) is 34.3 Å². The summed E-state index contributed by atoms with van der Waals surface area (Å²) in [7, 11) is 0. The maximum atomic E-state index is 13.7. The second-order valence-electron chi connectivity index (χ2n) is 7.75. The van der Waals surface area contributed by atoms with Crippen LogP contribution in [0.25, 0.3) is 0 Å². The Bertz CT molecular complexity index is 1020. The third kappa shape index (κ3) is 4.28. The van der Waals surface area contributed by atoms with Gasteiger partial charge >= 0.3 is 6.09 Å². The first-order valence-corrected chi connectivity index (χ1v) is 9.98. The zero-order valence-corrected chi connectivity index (χ0v) is 16.6. The Labute approximate surface area is 178 Å². The molecule has 6 nitrogen and oxygen atoms in total. The van der Waals surface area contributed by atoms with Gasteiger partial charge in [0.1, 0.15) is 6.61 Å². The highest BCUT2D eigenvalue weighted by molar-refractivity contribution is 6.00. The van der Waals surface area contributed by atoms with E-state index in [2.05, 4.69) is 0 Å². The summed E-state index contributed by atoms with van der Waals surface area (Å²) in [6.07, 6.45) is 0.109. The number of piperidine rings is 1. The Balaban J connectivity index is 1.48. The minimum Gasteiger partial charge on any atom is -0.445 e. The first-order chi connectivity index (χ1) is 15.0. The number of Topliss-reactive ketones (excluding diaryl/α,β-unsaturated/α-hetero) is 1. The average molecular weight is 426 g/mol. The summed E-state index contributed by atoms with van der Waals surface area (Å²) < 4.78 is 38.2. The Morgan fingerprint density at radius 3 is 2.39 bits per heavy atom. The Hall–Kier alpha value is -3.31. The van der Waals surface area contributed by atoms with Crippen LogP contribution in [0.3, 0.4) is 0 Å². The molecule has 0 aromatic heterocycles. The third-order valence-corrected chi connectivity index (χ3v) is 5.75. The van der Waals surface area contributed by atoms with Crippen molar-refractivity contribution >= 4 is 11.9 Å². The predicted octanol–water partition coefficient (Wildman–Crippen LogP) is 3.84. The number of hydrogen-bond acceptors (Lipinski definition) is 5. The quantitative estimate of drug-likeness (QED) is 0.694. The Morgan fingerprint density at radius 2 is 1.74 bits per heavy atom. The van der Waals surface area contributed by atoms with Crippen molar-refractivity contribution in [3.8, 4) is 6.07 Å². The summed E-state index contributed by atoms with van der Waals surface area (Å²) in [5, 5.41) is 9.23. The van der Waals surface area contributed by atoms with Crippen LogP contribution in [-0.2, 0) is 16.1 Å². The first kappa shape index (κ1) is 20.9. The van der Waals surface area contributed by atoms with E-state index in [1.807, 2.05) is 30.3 Å². The van der Waals surface area contributed by atoms with Crippen molar-refractivity contribution in [1.29, 1.82) is 5.26 Å². The van der Waals surface area contributed by atoms with E-state index in [0.29, 0.717) is 12.8 Å². The van der Waals surface area contributed by atoms with Crippen molar-refractivity contribution in [2.45, 2.75) is 31.5 Å². The minimum atomic E-state index is -1.17. The maximum Gasteiger partial charge on any atom is 0.410 e. The number of morpholine rings is 1. The monoisotopic (exact) mass is 426 g/mol. The van der Waals surface area contributed by atoms with Crippen LogP contribution < -0.4 is 0 Å². The van der Waals surface area contributed by atoms with E-state index in [-0.39, 0.29) is 43.0 Å². The predicted molar refractivity (Wildman–Crippen MR) is 105 cm³/mol. The van der Waals surface area contributed by atoms with Crippen molar-refractivity contribution in [1.82, 2.24) is 4.90 Å². The van der Waals surface area contributed by atoms with Gasteiger partial charge in [0.2, 0.25) is 0 Å². The zero-order chi connectivity index (χ0) is 22.0. The molecule has 2 aromatic rings. The fourth-order valence-electron chi connectivity index (χ4n) is 4.28. The molecular weight excluding hydrogens is 406 g/mol. The summed E-state index contributed by atoms with van der Waals surface area (Å²) in [6.45, 7) is 0.645. The lowest BCUT2D eigenvalue weighted by atomic mass is 9.80. The molecule has 4 rings (SSSR count). The summed E-state index contributed by atoms with van der Waals surface area (Å²) in [6, 6.07) is 11.8. The van der Waals surface area contributed by atoms with Crippen LogP contribution >= 0.6 is 0 Å². The maximum absolute atomic E-state index is 13.7. The number of nitrogens with zero attached hydrogens (tertiary/aromatic N) is 2. The molecule has 1 amide bonds. The number of halogens is 2. The number of rotatable bonds is 4. The number of carbonyl (C=O) groups excluding carboxylic acids is 2. The number of ketones is 1. The molecule has 160 valence electrons. The molecule has 0 saturated carbocycles. The molecular formula is C23H20F2N2O4. The lowest BCUT2D eigenvalue weighted by molar-refractivity contribution is -0.0755. The van der Waals surface area contributed by atoms with Crippen LogP contribution in [0, 0.1) is 28.9 Å². The van der Waals surface area contributed by atoms with E-state index in [1.165, 1.54) is 0 Å². The standard InChI is InChI=1S/C23H20F2N2O4/c24-20-8-16(10-26)19(9-21(20)25)22(28)15-6-17-12-30-13-18(7-15)27(17)23(29)31-11-14-4-2-1-3-5-14/h1-5,8-9,15,17-18H,6-7,11-13H2. The van der Waals surface area contributed by atoms with Gasteiger partial charge in [0.25, 0.3) is 0 Å². The largest absolute Gasteiger partial charge is 0.445 e. The first-order valence-electron chi connectivity index (χ1n) is 9.98. The van der Waals surface area contributed by atoms with Gasteiger partial charge in [0.05, 0.1) is 36.9 Å². The average Bonchev–Trinajstić information content (AvgIpc) is 2.78. The molecule has 2 aromatic carbocycles. The van der Waals surface area contributed by atoms with Crippen LogP contribution in [0.5, 0.6) is 0 Å². The summed E-state index contributed by atoms with van der Waals surface area (Å²) in [5.74, 6) is -3.30. The SMILES string of the molecule is N#Cc1cc(F)c(F)cc1C(=O)C1CC2COCC(C1)N2C(=O)OCc1ccccc1. The van der Waals surface area contributed by atoms with Crippen molar-refractivity contribution in [2.75, 3.05) is 13.2 Å². The van der Waals surface area contributed by atoms with Crippen molar-refractivity contribution < 1.29 is 27.8 Å². The van der Waals surface area contributed by atoms with E-state index in [1.54, 1.807) is 11.0 Å². The molecule has 2 heterocycles. The van der Waals surface area contributed by atoms with Gasteiger partial charge in [-0.15, -0.1) is 0 Å². The number of ether oxygens (including phenoxy) is 2. The van der Waals surface area contributed by atoms with Gasteiger partial charge in [-0.1, -0.05) is 30.3 Å². The van der Waals surface area contributed by atoms with Gasteiger partial charge in [-0.05, 0) is 30.5 Å². The normalized spacial score (nSPS) is 22.5. The zero-order valence-electron chi connectivity index (χ0n) is 16.6. The Kier molecular flexibility index (Phi) is 5.96. The van der Waals surface area contributed by atoms with E-state index in [4.69, 9.17) is 9.47 Å². The molecule has 2 fully saturated rings. The van der Waals surface area contributed by atoms with Crippen LogP contribution in [0.4, 0.5) is 13.6 Å². The van der Waals surface area contributed by atoms with E-state index >= 15 is 0 Å². The second kappa shape index (κ2) is 8.82.